The van der Waals surface area contributed by atoms with Crippen molar-refractivity contribution in [1.82, 2.24) is 24.5 Å². The van der Waals surface area contributed by atoms with Crippen molar-refractivity contribution in [3.8, 4) is 5.82 Å². The van der Waals surface area contributed by atoms with Gasteiger partial charge in [-0.25, -0.2) is 19.9 Å². The Morgan fingerprint density at radius 1 is 1.19 bits per heavy atom. The van der Waals surface area contributed by atoms with Gasteiger partial charge in [-0.2, -0.15) is 0 Å². The third-order valence-corrected chi connectivity index (χ3v) is 4.91. The zero-order valence-electron chi connectivity index (χ0n) is 13.9. The lowest BCUT2D eigenvalue weighted by atomic mass is 10.3. The molecule has 0 aliphatic carbocycles. The number of aromatic nitrogens is 5. The Morgan fingerprint density at radius 3 is 2.73 bits per heavy atom. The first-order valence-corrected chi connectivity index (χ1v) is 8.49. The summed E-state index contributed by atoms with van der Waals surface area (Å²) in [6.07, 6.45) is 2.80. The number of rotatable bonds is 4. The van der Waals surface area contributed by atoms with Gasteiger partial charge in [0.25, 0.3) is 0 Å². The molecule has 0 atom stereocenters. The third kappa shape index (κ3) is 2.65. The number of anilines is 2. The molecule has 1 N–H and O–H groups in total. The molecule has 0 saturated carbocycles. The smallest absolute Gasteiger partial charge is 0.310 e. The van der Waals surface area contributed by atoms with E-state index in [2.05, 4.69) is 25.3 Å². The molecule has 3 heterocycles. The Morgan fingerprint density at radius 2 is 2.00 bits per heavy atom. The van der Waals surface area contributed by atoms with Gasteiger partial charge in [0.1, 0.15) is 12.7 Å². The van der Waals surface area contributed by atoms with Crippen molar-refractivity contribution >= 4 is 39.0 Å². The SMILES string of the molecule is Cc1nc(Nc2ncnc(-n3cnc4ccccc43)c2[N+](=O)[O-])sc1C. The zero-order chi connectivity index (χ0) is 18.3. The number of nitrogens with zero attached hydrogens (tertiary/aromatic N) is 6. The number of thiazole rings is 1. The van der Waals surface area contributed by atoms with Crippen LogP contribution < -0.4 is 5.32 Å². The largest absolute Gasteiger partial charge is 0.354 e. The van der Waals surface area contributed by atoms with Crippen molar-refractivity contribution in [3.05, 3.63) is 57.6 Å². The van der Waals surface area contributed by atoms with E-state index in [4.69, 9.17) is 0 Å². The number of aryl methyl sites for hydroxylation is 2. The van der Waals surface area contributed by atoms with Gasteiger partial charge in [0.15, 0.2) is 5.13 Å². The third-order valence-electron chi connectivity index (χ3n) is 3.92. The van der Waals surface area contributed by atoms with Crippen LogP contribution in [0, 0.1) is 24.0 Å². The fourth-order valence-electron chi connectivity index (χ4n) is 2.56. The van der Waals surface area contributed by atoms with Gasteiger partial charge in [0.05, 0.1) is 21.7 Å². The molecular formula is C16H13N7O2S. The molecule has 0 spiro atoms. The van der Waals surface area contributed by atoms with E-state index in [9.17, 15) is 10.1 Å². The van der Waals surface area contributed by atoms with E-state index >= 15 is 0 Å². The van der Waals surface area contributed by atoms with E-state index < -0.39 is 4.92 Å². The monoisotopic (exact) mass is 367 g/mol. The van der Waals surface area contributed by atoms with E-state index in [1.807, 2.05) is 38.1 Å². The minimum absolute atomic E-state index is 0.0894. The highest BCUT2D eigenvalue weighted by atomic mass is 32.1. The highest BCUT2D eigenvalue weighted by Gasteiger charge is 2.26. The second-order valence-corrected chi connectivity index (χ2v) is 6.74. The molecule has 130 valence electrons. The van der Waals surface area contributed by atoms with Crippen molar-refractivity contribution in [1.29, 1.82) is 0 Å². The highest BCUT2D eigenvalue weighted by molar-refractivity contribution is 7.15. The van der Waals surface area contributed by atoms with Crippen LogP contribution in [0.15, 0.2) is 36.9 Å². The number of fused-ring (bicyclic) bond motifs is 1. The number of hydrogen-bond acceptors (Lipinski definition) is 8. The van der Waals surface area contributed by atoms with Crippen LogP contribution in [0.1, 0.15) is 10.6 Å². The van der Waals surface area contributed by atoms with Gasteiger partial charge in [-0.15, -0.1) is 11.3 Å². The summed E-state index contributed by atoms with van der Waals surface area (Å²) in [6.45, 7) is 3.82. The first kappa shape index (κ1) is 16.1. The normalized spacial score (nSPS) is 11.0. The Labute approximate surface area is 151 Å². The lowest BCUT2D eigenvalue weighted by molar-refractivity contribution is -0.384. The van der Waals surface area contributed by atoms with Crippen LogP contribution in [-0.2, 0) is 0 Å². The molecule has 4 aromatic rings. The van der Waals surface area contributed by atoms with E-state index in [-0.39, 0.29) is 17.3 Å². The number of hydrogen-bond donors (Lipinski definition) is 1. The van der Waals surface area contributed by atoms with Gasteiger partial charge < -0.3 is 5.32 Å². The van der Waals surface area contributed by atoms with Gasteiger partial charge in [0.2, 0.25) is 11.6 Å². The van der Waals surface area contributed by atoms with Crippen molar-refractivity contribution in [2.45, 2.75) is 13.8 Å². The Bertz CT molecular complexity index is 1120. The average Bonchev–Trinajstić information content (AvgIpc) is 3.18. The highest BCUT2D eigenvalue weighted by Crippen LogP contribution is 2.33. The number of imidazole rings is 1. The van der Waals surface area contributed by atoms with E-state index in [1.54, 1.807) is 4.57 Å². The van der Waals surface area contributed by atoms with Gasteiger partial charge in [-0.1, -0.05) is 12.1 Å². The molecule has 0 aliphatic rings. The number of benzene rings is 1. The summed E-state index contributed by atoms with van der Waals surface area (Å²) in [4.78, 5) is 29.1. The standard InChI is InChI=1S/C16H13N7O2S/c1-9-10(2)26-16(20-9)21-14-13(23(24)25)15(18-7-17-14)22-8-19-11-5-3-4-6-12(11)22/h3-8H,1-2H3,(H,17,18,20,21). The van der Waals surface area contributed by atoms with Crippen LogP contribution in [0.3, 0.4) is 0 Å². The fourth-order valence-corrected chi connectivity index (χ4v) is 3.37. The predicted molar refractivity (Wildman–Crippen MR) is 98.2 cm³/mol. The number of nitrogens with one attached hydrogen (secondary N) is 1. The molecule has 0 bridgehead atoms. The van der Waals surface area contributed by atoms with Crippen molar-refractivity contribution < 1.29 is 4.92 Å². The molecule has 0 radical (unpaired) electrons. The summed E-state index contributed by atoms with van der Waals surface area (Å²) < 4.78 is 1.58. The molecule has 0 aliphatic heterocycles. The van der Waals surface area contributed by atoms with Crippen LogP contribution in [0.25, 0.3) is 16.9 Å². The van der Waals surface area contributed by atoms with E-state index in [0.717, 1.165) is 21.6 Å². The summed E-state index contributed by atoms with van der Waals surface area (Å²) in [5, 5.41) is 15.3. The Balaban J connectivity index is 1.87. The average molecular weight is 367 g/mol. The first-order valence-electron chi connectivity index (χ1n) is 7.67. The van der Waals surface area contributed by atoms with E-state index in [0.29, 0.717) is 5.13 Å². The Kier molecular flexibility index (Phi) is 3.81. The first-order chi connectivity index (χ1) is 12.5. The predicted octanol–water partition coefficient (Wildman–Crippen LogP) is 3.54. The maximum atomic E-state index is 11.8. The van der Waals surface area contributed by atoms with Crippen molar-refractivity contribution in [2.24, 2.45) is 0 Å². The minimum Gasteiger partial charge on any atom is -0.310 e. The molecule has 0 fully saturated rings. The number of nitro groups is 1. The van der Waals surface area contributed by atoms with Crippen molar-refractivity contribution in [3.63, 3.8) is 0 Å². The summed E-state index contributed by atoms with van der Waals surface area (Å²) >= 11 is 1.41. The maximum absolute atomic E-state index is 11.8. The van der Waals surface area contributed by atoms with E-state index in [1.165, 1.54) is 24.0 Å². The molecular weight excluding hydrogens is 354 g/mol. The lowest BCUT2D eigenvalue weighted by Gasteiger charge is -2.08. The van der Waals surface area contributed by atoms with Crippen LogP contribution >= 0.6 is 11.3 Å². The summed E-state index contributed by atoms with van der Waals surface area (Å²) in [6, 6.07) is 7.36. The van der Waals surface area contributed by atoms with Crippen LogP contribution in [0.2, 0.25) is 0 Å². The van der Waals surface area contributed by atoms with Gasteiger partial charge >= 0.3 is 5.69 Å². The van der Waals surface area contributed by atoms with Crippen LogP contribution in [0.4, 0.5) is 16.6 Å². The fraction of sp³-hybridized carbons (Fsp3) is 0.125. The summed E-state index contributed by atoms with van der Waals surface area (Å²) in [7, 11) is 0. The molecule has 10 heteroatoms. The second kappa shape index (κ2) is 6.15. The summed E-state index contributed by atoms with van der Waals surface area (Å²) in [5.74, 6) is 0.234. The van der Waals surface area contributed by atoms with Gasteiger partial charge in [0, 0.05) is 4.88 Å². The molecule has 1 aromatic carbocycles. The number of para-hydroxylation sites is 2. The molecule has 0 unspecified atom stereocenters. The molecule has 9 nitrogen and oxygen atoms in total. The summed E-state index contributed by atoms with van der Waals surface area (Å²) in [5.41, 5.74) is 2.08. The van der Waals surface area contributed by atoms with Gasteiger partial charge in [-0.05, 0) is 26.0 Å². The zero-order valence-corrected chi connectivity index (χ0v) is 14.7. The minimum atomic E-state index is -0.500. The lowest BCUT2D eigenvalue weighted by Crippen LogP contribution is -2.07. The molecule has 3 aromatic heterocycles. The quantitative estimate of drug-likeness (QED) is 0.433. The second-order valence-electron chi connectivity index (χ2n) is 5.54. The van der Waals surface area contributed by atoms with Gasteiger partial charge in [-0.3, -0.25) is 14.7 Å². The maximum Gasteiger partial charge on any atom is 0.354 e. The van der Waals surface area contributed by atoms with Crippen LogP contribution in [-0.4, -0.2) is 29.4 Å². The Hall–Kier alpha value is -3.40. The molecule has 0 amide bonds. The molecule has 0 saturated heterocycles. The van der Waals surface area contributed by atoms with Crippen molar-refractivity contribution in [2.75, 3.05) is 5.32 Å². The van der Waals surface area contributed by atoms with Crippen LogP contribution in [0.5, 0.6) is 0 Å². The molecule has 26 heavy (non-hydrogen) atoms. The topological polar surface area (TPSA) is 112 Å². The molecule has 4 rings (SSSR count).